The fraction of sp³-hybridized carbons (Fsp3) is 0.289. The molecule has 6 rings (SSSR count). The summed E-state index contributed by atoms with van der Waals surface area (Å²) in [5, 5.41) is 0. The predicted molar refractivity (Wildman–Crippen MR) is 177 cm³/mol. The fourth-order valence-electron chi connectivity index (χ4n) is 6.23. The van der Waals surface area contributed by atoms with Crippen LogP contribution in [0.2, 0.25) is 0 Å². The van der Waals surface area contributed by atoms with E-state index in [1.165, 1.54) is 22.5 Å². The molecule has 0 saturated carbocycles. The van der Waals surface area contributed by atoms with E-state index in [9.17, 15) is 8.78 Å². The summed E-state index contributed by atoms with van der Waals surface area (Å²) >= 11 is 0. The first-order valence-electron chi connectivity index (χ1n) is 15.8. The lowest BCUT2D eigenvalue weighted by Gasteiger charge is -2.25. The summed E-state index contributed by atoms with van der Waals surface area (Å²) in [6.45, 7) is 3.32. The van der Waals surface area contributed by atoms with Gasteiger partial charge in [-0.1, -0.05) is 98.3 Å². The number of unbranched alkanes of at least 4 members (excludes halogenated alkanes) is 1. The molecule has 232 valence electrons. The van der Waals surface area contributed by atoms with Gasteiger partial charge in [-0.25, -0.2) is 4.98 Å². The molecule has 0 bridgehead atoms. The quantitative estimate of drug-likeness (QED) is 0.134. The van der Waals surface area contributed by atoms with Gasteiger partial charge in [-0.3, -0.25) is 4.90 Å². The second-order valence-electron chi connectivity index (χ2n) is 11.8. The summed E-state index contributed by atoms with van der Waals surface area (Å²) < 4.78 is 32.7. The van der Waals surface area contributed by atoms with Crippen molar-refractivity contribution in [1.29, 1.82) is 0 Å². The van der Waals surface area contributed by atoms with Crippen LogP contribution >= 0.6 is 0 Å². The maximum absolute atomic E-state index is 12.8. The number of rotatable bonds is 13. The van der Waals surface area contributed by atoms with E-state index < -0.39 is 6.61 Å². The van der Waals surface area contributed by atoms with Gasteiger partial charge in [-0.05, 0) is 47.7 Å². The van der Waals surface area contributed by atoms with Gasteiger partial charge in [0.2, 0.25) is 0 Å². The lowest BCUT2D eigenvalue weighted by atomic mass is 10.1. The lowest BCUT2D eigenvalue weighted by molar-refractivity contribution is -0.0498. The van der Waals surface area contributed by atoms with Gasteiger partial charge in [-0.15, -0.1) is 0 Å². The zero-order chi connectivity index (χ0) is 31.2. The predicted octanol–water partition coefficient (Wildman–Crippen LogP) is 8.81. The van der Waals surface area contributed by atoms with Crippen LogP contribution in [0.3, 0.4) is 0 Å². The van der Waals surface area contributed by atoms with E-state index in [1.807, 2.05) is 24.3 Å². The molecular weight excluding hydrogens is 566 g/mol. The van der Waals surface area contributed by atoms with Crippen molar-refractivity contribution in [2.45, 2.75) is 59.0 Å². The molecule has 0 amide bonds. The molecule has 0 saturated heterocycles. The van der Waals surface area contributed by atoms with Crippen molar-refractivity contribution in [2.75, 3.05) is 18.5 Å². The van der Waals surface area contributed by atoms with Crippen LogP contribution in [0, 0.1) is 0 Å². The molecule has 0 atom stereocenters. The van der Waals surface area contributed by atoms with Gasteiger partial charge in [-0.2, -0.15) is 8.78 Å². The van der Waals surface area contributed by atoms with Crippen LogP contribution in [0.4, 0.5) is 14.5 Å². The maximum Gasteiger partial charge on any atom is 0.387 e. The second-order valence-corrected chi connectivity index (χ2v) is 11.8. The Morgan fingerprint density at radius 1 is 0.822 bits per heavy atom. The number of likely N-dealkylation sites (N-methyl/N-ethyl adjacent to an activating group) is 1. The highest BCUT2D eigenvalue weighted by atomic mass is 19.3. The van der Waals surface area contributed by atoms with E-state index >= 15 is 0 Å². The molecule has 4 aromatic carbocycles. The first-order chi connectivity index (χ1) is 22.0. The van der Waals surface area contributed by atoms with Gasteiger partial charge < -0.3 is 14.2 Å². The average Bonchev–Trinajstić information content (AvgIpc) is 3.61. The number of anilines is 1. The van der Waals surface area contributed by atoms with E-state index in [4.69, 9.17) is 4.98 Å². The number of hydrogen-bond donors (Lipinski definition) is 0. The summed E-state index contributed by atoms with van der Waals surface area (Å²) in [6, 6.07) is 34.7. The van der Waals surface area contributed by atoms with Gasteiger partial charge in [0.25, 0.3) is 0 Å². The summed E-state index contributed by atoms with van der Waals surface area (Å²) in [5.74, 6) is 1.14. The summed E-state index contributed by atoms with van der Waals surface area (Å²) in [7, 11) is 2.14. The van der Waals surface area contributed by atoms with Crippen LogP contribution in [-0.2, 0) is 32.6 Å². The Kier molecular flexibility index (Phi) is 9.55. The molecule has 1 aliphatic rings. The highest BCUT2D eigenvalue weighted by Crippen LogP contribution is 2.33. The Bertz CT molecular complexity index is 1690. The Morgan fingerprint density at radius 2 is 1.49 bits per heavy atom. The molecule has 45 heavy (non-hydrogen) atoms. The monoisotopic (exact) mass is 606 g/mol. The third-order valence-electron chi connectivity index (χ3n) is 8.49. The number of fused-ring (bicyclic) bond motifs is 1. The average molecular weight is 607 g/mol. The minimum Gasteiger partial charge on any atom is -0.435 e. The van der Waals surface area contributed by atoms with Crippen LogP contribution in [0.15, 0.2) is 103 Å². The Hall–Kier alpha value is -4.49. The van der Waals surface area contributed by atoms with E-state index in [2.05, 4.69) is 99.8 Å². The number of benzene rings is 4. The minimum atomic E-state index is -2.84. The molecule has 0 radical (unpaired) electrons. The van der Waals surface area contributed by atoms with E-state index in [-0.39, 0.29) is 5.75 Å². The van der Waals surface area contributed by atoms with Gasteiger partial charge in [0.1, 0.15) is 11.6 Å². The van der Waals surface area contributed by atoms with E-state index in [0.29, 0.717) is 13.1 Å². The molecule has 0 unspecified atom stereocenters. The summed E-state index contributed by atoms with van der Waals surface area (Å²) in [5.41, 5.74) is 9.32. The Balaban J connectivity index is 1.41. The van der Waals surface area contributed by atoms with Gasteiger partial charge in [0.05, 0.1) is 11.4 Å². The highest BCUT2D eigenvalue weighted by molar-refractivity contribution is 5.68. The molecule has 5 nitrogen and oxygen atoms in total. The maximum atomic E-state index is 12.8. The largest absolute Gasteiger partial charge is 0.435 e. The number of imidazole rings is 1. The summed E-state index contributed by atoms with van der Waals surface area (Å²) in [6.07, 6.45) is 3.17. The molecule has 1 aromatic heterocycles. The third kappa shape index (κ3) is 7.26. The Morgan fingerprint density at radius 3 is 2.18 bits per heavy atom. The fourth-order valence-corrected chi connectivity index (χ4v) is 6.23. The van der Waals surface area contributed by atoms with Crippen molar-refractivity contribution in [1.82, 2.24) is 14.5 Å². The zero-order valence-electron chi connectivity index (χ0n) is 26.0. The van der Waals surface area contributed by atoms with Gasteiger partial charge in [0, 0.05) is 56.6 Å². The van der Waals surface area contributed by atoms with Crippen molar-refractivity contribution >= 4 is 5.69 Å². The van der Waals surface area contributed by atoms with Gasteiger partial charge in [0.15, 0.2) is 0 Å². The number of aromatic nitrogens is 2. The Labute approximate surface area is 264 Å². The van der Waals surface area contributed by atoms with Crippen molar-refractivity contribution in [3.8, 4) is 28.4 Å². The molecule has 0 N–H and O–H groups in total. The minimum absolute atomic E-state index is 0.166. The first kappa shape index (κ1) is 30.5. The number of halogens is 2. The van der Waals surface area contributed by atoms with Crippen LogP contribution in [-0.4, -0.2) is 34.7 Å². The number of hydrogen-bond acceptors (Lipinski definition) is 4. The number of ether oxygens (including phenoxy) is 1. The smallest absolute Gasteiger partial charge is 0.387 e. The van der Waals surface area contributed by atoms with E-state index in [1.54, 1.807) is 12.1 Å². The third-order valence-corrected chi connectivity index (χ3v) is 8.49. The van der Waals surface area contributed by atoms with Crippen molar-refractivity contribution < 1.29 is 13.5 Å². The van der Waals surface area contributed by atoms with Crippen molar-refractivity contribution in [2.24, 2.45) is 0 Å². The molecule has 7 heteroatoms. The van der Waals surface area contributed by atoms with Crippen LogP contribution < -0.4 is 9.64 Å². The van der Waals surface area contributed by atoms with Crippen molar-refractivity contribution in [3.63, 3.8) is 0 Å². The standard InChI is InChI=1S/C38H40F2N4O/c1-3-4-22-44-35(36(30-11-7-5-8-12-30)41-37(44)31-13-9-6-10-14-31)27-43(25-28-15-18-33(19-16-28)45-38(39)40)26-29-17-20-34-32(24-29)21-23-42(34)2/h5-20,24,38H,3-4,21-23,25-27H2,1-2H3. The van der Waals surface area contributed by atoms with Crippen LogP contribution in [0.25, 0.3) is 22.6 Å². The number of alkyl halides is 2. The number of nitrogens with zero attached hydrogens (tertiary/aromatic N) is 4. The van der Waals surface area contributed by atoms with Crippen molar-refractivity contribution in [3.05, 3.63) is 126 Å². The summed E-state index contributed by atoms with van der Waals surface area (Å²) in [4.78, 5) is 10.1. The SMILES string of the molecule is CCCCn1c(-c2ccccc2)nc(-c2ccccc2)c1CN(Cc1ccc(OC(F)F)cc1)Cc1ccc2c(c1)CCN2C. The first-order valence-corrected chi connectivity index (χ1v) is 15.8. The highest BCUT2D eigenvalue weighted by Gasteiger charge is 2.23. The molecule has 0 fully saturated rings. The van der Waals surface area contributed by atoms with Crippen LogP contribution in [0.1, 0.15) is 42.1 Å². The molecule has 0 aliphatic carbocycles. The van der Waals surface area contributed by atoms with E-state index in [0.717, 1.165) is 67.1 Å². The van der Waals surface area contributed by atoms with Crippen LogP contribution in [0.5, 0.6) is 5.75 Å². The molecule has 0 spiro atoms. The molecule has 2 heterocycles. The van der Waals surface area contributed by atoms with Gasteiger partial charge >= 0.3 is 6.61 Å². The lowest BCUT2D eigenvalue weighted by Crippen LogP contribution is -2.24. The molecular formula is C38H40F2N4O. The second kappa shape index (κ2) is 14.1. The molecule has 1 aliphatic heterocycles. The zero-order valence-corrected chi connectivity index (χ0v) is 26.0. The normalized spacial score (nSPS) is 12.7. The topological polar surface area (TPSA) is 33.5 Å². The molecule has 5 aromatic rings.